The van der Waals surface area contributed by atoms with Crippen molar-refractivity contribution in [1.82, 2.24) is 10.9 Å². The Morgan fingerprint density at radius 1 is 0.600 bits per heavy atom. The SMILES string of the molecule is C1CC2CCC3C4CC5CNNC5CC4CCC3C2C1. The number of hydrazine groups is 1. The van der Waals surface area contributed by atoms with Crippen LogP contribution in [0.3, 0.4) is 0 Å². The molecule has 2 nitrogen and oxygen atoms in total. The lowest BCUT2D eigenvalue weighted by Crippen LogP contribution is -2.48. The third-order valence-electron chi connectivity index (χ3n) is 8.07. The van der Waals surface area contributed by atoms with Crippen molar-refractivity contribution in [1.29, 1.82) is 0 Å². The lowest BCUT2D eigenvalue weighted by Gasteiger charge is -2.53. The topological polar surface area (TPSA) is 24.1 Å². The molecule has 5 aliphatic rings. The molecule has 4 aliphatic carbocycles. The van der Waals surface area contributed by atoms with Gasteiger partial charge in [0.15, 0.2) is 0 Å². The van der Waals surface area contributed by atoms with Crippen LogP contribution in [0.1, 0.15) is 57.8 Å². The van der Waals surface area contributed by atoms with Crippen LogP contribution in [-0.2, 0) is 0 Å². The smallest absolute Gasteiger partial charge is 0.0256 e. The number of nitrogens with one attached hydrogen (secondary N) is 2. The van der Waals surface area contributed by atoms with Crippen molar-refractivity contribution in [2.45, 2.75) is 63.8 Å². The van der Waals surface area contributed by atoms with Gasteiger partial charge in [-0.15, -0.1) is 0 Å². The van der Waals surface area contributed by atoms with Crippen LogP contribution in [0, 0.1) is 41.4 Å². The summed E-state index contributed by atoms with van der Waals surface area (Å²) in [5.41, 5.74) is 6.98. The Labute approximate surface area is 123 Å². The van der Waals surface area contributed by atoms with Crippen molar-refractivity contribution in [2.24, 2.45) is 41.4 Å². The van der Waals surface area contributed by atoms with E-state index in [4.69, 9.17) is 0 Å². The van der Waals surface area contributed by atoms with Gasteiger partial charge in [0.25, 0.3) is 0 Å². The van der Waals surface area contributed by atoms with E-state index in [0.29, 0.717) is 0 Å². The highest BCUT2D eigenvalue weighted by molar-refractivity contribution is 5.02. The highest BCUT2D eigenvalue weighted by Gasteiger charge is 2.51. The molecule has 0 bridgehead atoms. The molecule has 20 heavy (non-hydrogen) atoms. The van der Waals surface area contributed by atoms with Crippen LogP contribution >= 0.6 is 0 Å². The maximum atomic E-state index is 3.55. The molecule has 8 unspecified atom stereocenters. The molecule has 1 saturated heterocycles. The Balaban J connectivity index is 1.38. The molecule has 112 valence electrons. The highest BCUT2D eigenvalue weighted by atomic mass is 15.4. The summed E-state index contributed by atoms with van der Waals surface area (Å²) >= 11 is 0. The van der Waals surface area contributed by atoms with E-state index in [1.807, 2.05) is 0 Å². The summed E-state index contributed by atoms with van der Waals surface area (Å²) in [5, 5.41) is 0. The van der Waals surface area contributed by atoms with Crippen LogP contribution in [0.15, 0.2) is 0 Å². The average molecular weight is 274 g/mol. The summed E-state index contributed by atoms with van der Waals surface area (Å²) in [6.45, 7) is 1.23. The molecular weight excluding hydrogens is 244 g/mol. The Morgan fingerprint density at radius 2 is 1.45 bits per heavy atom. The number of rotatable bonds is 0. The van der Waals surface area contributed by atoms with Gasteiger partial charge in [0.2, 0.25) is 0 Å². The first kappa shape index (κ1) is 12.5. The number of fused-ring (bicyclic) bond motifs is 6. The van der Waals surface area contributed by atoms with Gasteiger partial charge in [-0.3, -0.25) is 10.9 Å². The molecule has 0 spiro atoms. The third kappa shape index (κ3) is 1.76. The fourth-order valence-electron chi connectivity index (χ4n) is 7.27. The zero-order valence-electron chi connectivity index (χ0n) is 12.7. The predicted molar refractivity (Wildman–Crippen MR) is 80.9 cm³/mol. The molecule has 0 aromatic carbocycles. The third-order valence-corrected chi connectivity index (χ3v) is 8.07. The second-order valence-electron chi connectivity index (χ2n) is 8.62. The first-order chi connectivity index (χ1) is 9.90. The normalized spacial score (nSPS) is 57.6. The van der Waals surface area contributed by atoms with Gasteiger partial charge in [-0.05, 0) is 86.4 Å². The van der Waals surface area contributed by atoms with Gasteiger partial charge in [0, 0.05) is 12.6 Å². The van der Waals surface area contributed by atoms with Crippen molar-refractivity contribution in [3.8, 4) is 0 Å². The van der Waals surface area contributed by atoms with Crippen molar-refractivity contribution >= 4 is 0 Å². The lowest BCUT2D eigenvalue weighted by atomic mass is 9.52. The van der Waals surface area contributed by atoms with Gasteiger partial charge in [-0.1, -0.05) is 12.8 Å². The van der Waals surface area contributed by atoms with Crippen LogP contribution in [0.5, 0.6) is 0 Å². The van der Waals surface area contributed by atoms with E-state index in [-0.39, 0.29) is 0 Å². The van der Waals surface area contributed by atoms with Crippen molar-refractivity contribution < 1.29 is 0 Å². The van der Waals surface area contributed by atoms with E-state index in [0.717, 1.165) is 47.5 Å². The minimum atomic E-state index is 0.801. The molecule has 1 heterocycles. The molecule has 0 radical (unpaired) electrons. The molecule has 0 aromatic rings. The van der Waals surface area contributed by atoms with E-state index in [1.165, 1.54) is 19.4 Å². The molecule has 1 aliphatic heterocycles. The van der Waals surface area contributed by atoms with Crippen molar-refractivity contribution in [3.63, 3.8) is 0 Å². The Hall–Kier alpha value is -0.0800. The molecule has 4 saturated carbocycles. The van der Waals surface area contributed by atoms with E-state index < -0.39 is 0 Å². The molecular formula is C18H30N2. The summed E-state index contributed by atoms with van der Waals surface area (Å²) in [6, 6.07) is 0.801. The Kier molecular flexibility index (Phi) is 2.93. The van der Waals surface area contributed by atoms with Gasteiger partial charge in [-0.2, -0.15) is 0 Å². The van der Waals surface area contributed by atoms with Gasteiger partial charge in [0.1, 0.15) is 0 Å². The van der Waals surface area contributed by atoms with Crippen LogP contribution in [0.2, 0.25) is 0 Å². The lowest BCUT2D eigenvalue weighted by molar-refractivity contribution is -0.0319. The highest BCUT2D eigenvalue weighted by Crippen LogP contribution is 2.58. The van der Waals surface area contributed by atoms with Crippen LogP contribution in [0.4, 0.5) is 0 Å². The van der Waals surface area contributed by atoms with Crippen molar-refractivity contribution in [2.75, 3.05) is 6.54 Å². The first-order valence-electron chi connectivity index (χ1n) is 9.38. The van der Waals surface area contributed by atoms with E-state index >= 15 is 0 Å². The average Bonchev–Trinajstić information content (AvgIpc) is 3.12. The monoisotopic (exact) mass is 274 g/mol. The zero-order valence-corrected chi connectivity index (χ0v) is 12.7. The van der Waals surface area contributed by atoms with E-state index in [2.05, 4.69) is 10.9 Å². The summed E-state index contributed by atoms with van der Waals surface area (Å²) in [7, 11) is 0. The zero-order chi connectivity index (χ0) is 13.1. The Bertz CT molecular complexity index is 382. The standard InChI is InChI=1S/C18H30N2/c1-2-11-4-6-16-15(14(11)3-1)7-5-12-9-18-13(8-17(12)16)10-19-20-18/h11-20H,1-10H2. The fraction of sp³-hybridized carbons (Fsp3) is 1.00. The second kappa shape index (κ2) is 4.71. The van der Waals surface area contributed by atoms with Gasteiger partial charge >= 0.3 is 0 Å². The molecule has 2 N–H and O–H groups in total. The summed E-state index contributed by atoms with van der Waals surface area (Å²) in [4.78, 5) is 0. The molecule has 5 fully saturated rings. The van der Waals surface area contributed by atoms with E-state index in [9.17, 15) is 0 Å². The van der Waals surface area contributed by atoms with E-state index in [1.54, 1.807) is 44.9 Å². The quantitative estimate of drug-likeness (QED) is 0.708. The van der Waals surface area contributed by atoms with Gasteiger partial charge in [0.05, 0.1) is 0 Å². The largest absolute Gasteiger partial charge is 0.257 e. The fourth-order valence-corrected chi connectivity index (χ4v) is 7.27. The summed E-state index contributed by atoms with van der Waals surface area (Å²) < 4.78 is 0. The summed E-state index contributed by atoms with van der Waals surface area (Å²) in [5.74, 6) is 7.63. The second-order valence-corrected chi connectivity index (χ2v) is 8.62. The van der Waals surface area contributed by atoms with Gasteiger partial charge < -0.3 is 0 Å². The first-order valence-corrected chi connectivity index (χ1v) is 9.38. The molecule has 0 aromatic heterocycles. The molecule has 8 atom stereocenters. The maximum absolute atomic E-state index is 3.55. The minimum absolute atomic E-state index is 0.801. The van der Waals surface area contributed by atoms with Crippen LogP contribution < -0.4 is 10.9 Å². The van der Waals surface area contributed by atoms with Crippen molar-refractivity contribution in [3.05, 3.63) is 0 Å². The van der Waals surface area contributed by atoms with Gasteiger partial charge in [-0.25, -0.2) is 0 Å². The molecule has 0 amide bonds. The minimum Gasteiger partial charge on any atom is -0.257 e. The predicted octanol–water partition coefficient (Wildman–Crippen LogP) is 3.34. The maximum Gasteiger partial charge on any atom is 0.0256 e. The molecule has 5 rings (SSSR count). The Morgan fingerprint density at radius 3 is 2.40 bits per heavy atom. The van der Waals surface area contributed by atoms with Crippen LogP contribution in [0.25, 0.3) is 0 Å². The summed E-state index contributed by atoms with van der Waals surface area (Å²) in [6.07, 6.45) is 14.0. The number of hydrogen-bond donors (Lipinski definition) is 2. The number of hydrogen-bond acceptors (Lipinski definition) is 2. The van der Waals surface area contributed by atoms with Crippen LogP contribution in [-0.4, -0.2) is 12.6 Å². The molecule has 2 heteroatoms.